The molecule has 1 unspecified atom stereocenters. The third-order valence-corrected chi connectivity index (χ3v) is 4.83. The van der Waals surface area contributed by atoms with Crippen LogP contribution in [-0.2, 0) is 0 Å². The molecule has 1 aromatic carbocycles. The van der Waals surface area contributed by atoms with Crippen LogP contribution in [0.2, 0.25) is 5.02 Å². The van der Waals surface area contributed by atoms with E-state index in [1.807, 2.05) is 31.2 Å². The van der Waals surface area contributed by atoms with Gasteiger partial charge in [-0.25, -0.2) is 0 Å². The molecule has 90 valence electrons. The Labute approximate surface area is 124 Å². The van der Waals surface area contributed by atoms with Crippen molar-refractivity contribution in [1.29, 1.82) is 0 Å². The zero-order chi connectivity index (χ0) is 12.6. The molecule has 2 aromatic rings. The molecule has 1 nitrogen and oxygen atoms in total. The maximum atomic E-state index is 10.4. The Morgan fingerprint density at radius 2 is 1.94 bits per heavy atom. The van der Waals surface area contributed by atoms with Crippen molar-refractivity contribution in [1.82, 2.24) is 0 Å². The number of hydrogen-bond acceptors (Lipinski definition) is 2. The van der Waals surface area contributed by atoms with Gasteiger partial charge in [-0.3, -0.25) is 0 Å². The first-order valence-electron chi connectivity index (χ1n) is 5.19. The second kappa shape index (κ2) is 5.26. The van der Waals surface area contributed by atoms with Gasteiger partial charge in [0.05, 0.1) is 0 Å². The average molecular weight is 379 g/mol. The van der Waals surface area contributed by atoms with Gasteiger partial charge in [0.2, 0.25) is 0 Å². The second-order valence-corrected chi connectivity index (χ2v) is 7.00. The van der Waals surface area contributed by atoms with E-state index < -0.39 is 6.10 Å². The largest absolute Gasteiger partial charge is 0.384 e. The Morgan fingerprint density at radius 1 is 1.24 bits per heavy atom. The van der Waals surface area contributed by atoms with Crippen molar-refractivity contribution in [3.63, 3.8) is 0 Å². The van der Waals surface area contributed by atoms with Crippen molar-refractivity contribution < 1.29 is 5.11 Å². The first-order chi connectivity index (χ1) is 7.99. The van der Waals surface area contributed by atoms with Gasteiger partial charge in [0, 0.05) is 18.3 Å². The Balaban J connectivity index is 2.46. The van der Waals surface area contributed by atoms with Gasteiger partial charge in [-0.2, -0.15) is 0 Å². The van der Waals surface area contributed by atoms with E-state index in [1.54, 1.807) is 11.3 Å². The smallest absolute Gasteiger partial charge is 0.106 e. The molecular weight excluding hydrogens is 367 g/mol. The van der Waals surface area contributed by atoms with Crippen LogP contribution in [0.1, 0.15) is 27.0 Å². The number of thiophene rings is 1. The summed E-state index contributed by atoms with van der Waals surface area (Å²) in [6.45, 7) is 4.09. The summed E-state index contributed by atoms with van der Waals surface area (Å²) < 4.78 is 1.03. The summed E-state index contributed by atoms with van der Waals surface area (Å²) >= 11 is 9.91. The Bertz CT molecular complexity index is 550. The minimum Gasteiger partial charge on any atom is -0.384 e. The van der Waals surface area contributed by atoms with E-state index >= 15 is 0 Å². The molecule has 0 fully saturated rings. The zero-order valence-corrected chi connectivity index (χ0v) is 13.2. The minimum absolute atomic E-state index is 0.592. The molecule has 0 bridgehead atoms. The van der Waals surface area contributed by atoms with Crippen LogP contribution < -0.4 is 0 Å². The second-order valence-electron chi connectivity index (χ2n) is 3.94. The third-order valence-electron chi connectivity index (χ3n) is 2.63. The molecule has 0 amide bonds. The quantitative estimate of drug-likeness (QED) is 0.751. The van der Waals surface area contributed by atoms with Gasteiger partial charge in [0.25, 0.3) is 0 Å². The van der Waals surface area contributed by atoms with E-state index in [0.717, 1.165) is 19.6 Å². The topological polar surface area (TPSA) is 20.2 Å². The van der Waals surface area contributed by atoms with Gasteiger partial charge in [-0.05, 0) is 71.8 Å². The number of hydrogen-bond donors (Lipinski definition) is 1. The predicted molar refractivity (Wildman–Crippen MR) is 82.0 cm³/mol. The van der Waals surface area contributed by atoms with E-state index in [4.69, 9.17) is 11.6 Å². The monoisotopic (exact) mass is 378 g/mol. The van der Waals surface area contributed by atoms with E-state index in [-0.39, 0.29) is 0 Å². The summed E-state index contributed by atoms with van der Waals surface area (Å²) in [6.07, 6.45) is -0.592. The van der Waals surface area contributed by atoms with Crippen molar-refractivity contribution in [3.05, 3.63) is 53.7 Å². The standard InChI is InChI=1S/C13H12ClIOS/c1-7-5-10(8(2)17-7)13(16)11-6-9(14)3-4-12(11)15/h3-6,13,16H,1-2H3. The summed E-state index contributed by atoms with van der Waals surface area (Å²) in [5.74, 6) is 0. The summed E-state index contributed by atoms with van der Waals surface area (Å²) in [5, 5.41) is 11.1. The Morgan fingerprint density at radius 3 is 2.53 bits per heavy atom. The normalized spacial score (nSPS) is 12.8. The highest BCUT2D eigenvalue weighted by atomic mass is 127. The van der Waals surface area contributed by atoms with Crippen LogP contribution in [0.5, 0.6) is 0 Å². The van der Waals surface area contributed by atoms with Crippen LogP contribution in [0.15, 0.2) is 24.3 Å². The molecule has 0 radical (unpaired) electrons. The Hall–Kier alpha value is -0.100. The van der Waals surface area contributed by atoms with Crippen LogP contribution in [0.3, 0.4) is 0 Å². The van der Waals surface area contributed by atoms with E-state index in [0.29, 0.717) is 5.02 Å². The molecule has 0 spiro atoms. The molecule has 1 heterocycles. The van der Waals surface area contributed by atoms with Crippen molar-refractivity contribution in [2.24, 2.45) is 0 Å². The molecule has 0 aliphatic heterocycles. The fourth-order valence-corrected chi connectivity index (χ4v) is 3.58. The van der Waals surface area contributed by atoms with Crippen LogP contribution in [0.4, 0.5) is 0 Å². The van der Waals surface area contributed by atoms with E-state index in [9.17, 15) is 5.11 Å². The highest BCUT2D eigenvalue weighted by Gasteiger charge is 2.17. The van der Waals surface area contributed by atoms with Crippen LogP contribution in [-0.4, -0.2) is 5.11 Å². The van der Waals surface area contributed by atoms with Crippen molar-refractivity contribution >= 4 is 45.5 Å². The van der Waals surface area contributed by atoms with Crippen molar-refractivity contribution in [3.8, 4) is 0 Å². The number of aliphatic hydroxyl groups excluding tert-OH is 1. The maximum Gasteiger partial charge on any atom is 0.106 e. The first-order valence-corrected chi connectivity index (χ1v) is 7.46. The summed E-state index contributed by atoms with van der Waals surface area (Å²) in [5.41, 5.74) is 1.85. The molecule has 1 aromatic heterocycles. The molecule has 1 atom stereocenters. The summed E-state index contributed by atoms with van der Waals surface area (Å²) in [4.78, 5) is 2.37. The van der Waals surface area contributed by atoms with Gasteiger partial charge < -0.3 is 5.11 Å². The van der Waals surface area contributed by atoms with Gasteiger partial charge in [-0.15, -0.1) is 11.3 Å². The molecule has 4 heteroatoms. The number of aliphatic hydroxyl groups is 1. The fraction of sp³-hybridized carbons (Fsp3) is 0.231. The number of benzene rings is 1. The molecule has 0 saturated carbocycles. The lowest BCUT2D eigenvalue weighted by Crippen LogP contribution is -2.02. The van der Waals surface area contributed by atoms with E-state index in [2.05, 4.69) is 29.5 Å². The third kappa shape index (κ3) is 2.84. The maximum absolute atomic E-state index is 10.4. The fourth-order valence-electron chi connectivity index (χ4n) is 1.81. The molecule has 2 rings (SSSR count). The number of rotatable bonds is 2. The molecule has 1 N–H and O–H groups in total. The lowest BCUT2D eigenvalue weighted by molar-refractivity contribution is 0.219. The SMILES string of the molecule is Cc1cc(C(O)c2cc(Cl)ccc2I)c(C)s1. The average Bonchev–Trinajstić information content (AvgIpc) is 2.60. The number of aryl methyl sites for hydroxylation is 2. The molecular formula is C13H12ClIOS. The Kier molecular flexibility index (Phi) is 4.13. The summed E-state index contributed by atoms with van der Waals surface area (Å²) in [7, 11) is 0. The first kappa shape index (κ1) is 13.3. The highest BCUT2D eigenvalue weighted by molar-refractivity contribution is 14.1. The minimum atomic E-state index is -0.592. The predicted octanol–water partition coefficient (Wildman–Crippen LogP) is 4.70. The highest BCUT2D eigenvalue weighted by Crippen LogP contribution is 2.33. The molecule has 17 heavy (non-hydrogen) atoms. The number of halogens is 2. The van der Waals surface area contributed by atoms with Crippen LogP contribution in [0, 0.1) is 17.4 Å². The van der Waals surface area contributed by atoms with Gasteiger partial charge >= 0.3 is 0 Å². The van der Waals surface area contributed by atoms with Gasteiger partial charge in [0.15, 0.2) is 0 Å². The van der Waals surface area contributed by atoms with Crippen LogP contribution in [0.25, 0.3) is 0 Å². The van der Waals surface area contributed by atoms with Crippen molar-refractivity contribution in [2.45, 2.75) is 20.0 Å². The zero-order valence-electron chi connectivity index (χ0n) is 9.50. The summed E-state index contributed by atoms with van der Waals surface area (Å²) in [6, 6.07) is 7.64. The molecule has 0 aliphatic rings. The van der Waals surface area contributed by atoms with E-state index in [1.165, 1.54) is 4.88 Å². The van der Waals surface area contributed by atoms with Crippen LogP contribution >= 0.6 is 45.5 Å². The van der Waals surface area contributed by atoms with Gasteiger partial charge in [0.1, 0.15) is 6.10 Å². The lowest BCUT2D eigenvalue weighted by Gasteiger charge is -2.13. The van der Waals surface area contributed by atoms with Gasteiger partial charge in [-0.1, -0.05) is 11.6 Å². The van der Waals surface area contributed by atoms with Crippen molar-refractivity contribution in [2.75, 3.05) is 0 Å². The molecule has 0 aliphatic carbocycles. The lowest BCUT2D eigenvalue weighted by atomic mass is 10.0. The molecule has 0 saturated heterocycles.